The van der Waals surface area contributed by atoms with Gasteiger partial charge in [-0.15, -0.1) is 0 Å². The largest absolute Gasteiger partial charge is 0.398 e. The van der Waals surface area contributed by atoms with E-state index in [0.29, 0.717) is 17.2 Å². The van der Waals surface area contributed by atoms with Gasteiger partial charge in [0.2, 0.25) is 0 Å². The summed E-state index contributed by atoms with van der Waals surface area (Å²) in [7, 11) is 0. The second-order valence-electron chi connectivity index (χ2n) is 5.40. The molecule has 2 rings (SSSR count). The summed E-state index contributed by atoms with van der Waals surface area (Å²) in [6.07, 6.45) is 0. The highest BCUT2D eigenvalue weighted by atomic mass is 19.1. The Hall–Kier alpha value is -2.36. The van der Waals surface area contributed by atoms with E-state index in [1.54, 1.807) is 6.92 Å². The number of rotatable bonds is 3. The summed E-state index contributed by atoms with van der Waals surface area (Å²) < 4.78 is 13.6. The van der Waals surface area contributed by atoms with E-state index < -0.39 is 5.82 Å². The Morgan fingerprint density at radius 1 is 1.19 bits per heavy atom. The topological polar surface area (TPSA) is 55.1 Å². The number of nitrogen functional groups attached to an aromatic ring is 1. The average molecular weight is 286 g/mol. The molecule has 2 aromatic carbocycles. The van der Waals surface area contributed by atoms with E-state index in [0.717, 1.165) is 0 Å². The Morgan fingerprint density at radius 2 is 1.81 bits per heavy atom. The van der Waals surface area contributed by atoms with Crippen molar-refractivity contribution in [2.75, 3.05) is 11.1 Å². The Balaban J connectivity index is 2.18. The van der Waals surface area contributed by atoms with E-state index in [1.165, 1.54) is 17.7 Å². The zero-order chi connectivity index (χ0) is 15.6. The van der Waals surface area contributed by atoms with Gasteiger partial charge in [-0.1, -0.05) is 26.0 Å². The van der Waals surface area contributed by atoms with E-state index in [-0.39, 0.29) is 17.2 Å². The van der Waals surface area contributed by atoms with Crippen LogP contribution in [0.25, 0.3) is 0 Å². The maximum Gasteiger partial charge on any atom is 0.255 e. The van der Waals surface area contributed by atoms with Crippen molar-refractivity contribution in [2.45, 2.75) is 26.7 Å². The highest BCUT2D eigenvalue weighted by Gasteiger charge is 2.11. The minimum atomic E-state index is -0.477. The van der Waals surface area contributed by atoms with Crippen LogP contribution >= 0.6 is 0 Å². The predicted octanol–water partition coefficient (Wildman–Crippen LogP) is 4.09. The summed E-state index contributed by atoms with van der Waals surface area (Å²) >= 11 is 0. The molecule has 0 bridgehead atoms. The summed E-state index contributed by atoms with van der Waals surface area (Å²) in [5, 5.41) is 2.74. The number of benzene rings is 2. The second-order valence-corrected chi connectivity index (χ2v) is 5.40. The maximum absolute atomic E-state index is 13.6. The molecule has 0 saturated heterocycles. The van der Waals surface area contributed by atoms with Crippen LogP contribution in [0.3, 0.4) is 0 Å². The zero-order valence-electron chi connectivity index (χ0n) is 12.4. The van der Waals surface area contributed by atoms with Crippen LogP contribution < -0.4 is 11.1 Å². The van der Waals surface area contributed by atoms with Crippen molar-refractivity contribution in [3.8, 4) is 0 Å². The van der Waals surface area contributed by atoms with Crippen LogP contribution in [-0.2, 0) is 0 Å². The van der Waals surface area contributed by atoms with Crippen LogP contribution in [-0.4, -0.2) is 5.91 Å². The van der Waals surface area contributed by atoms with Crippen molar-refractivity contribution in [1.29, 1.82) is 0 Å². The molecule has 2 aromatic rings. The second kappa shape index (κ2) is 5.95. The number of anilines is 2. The molecule has 0 aliphatic carbocycles. The molecule has 4 heteroatoms. The van der Waals surface area contributed by atoms with Crippen molar-refractivity contribution < 1.29 is 9.18 Å². The molecular weight excluding hydrogens is 267 g/mol. The molecule has 3 N–H and O–H groups in total. The first-order valence-electron chi connectivity index (χ1n) is 6.85. The summed E-state index contributed by atoms with van der Waals surface area (Å²) in [5.74, 6) is -0.422. The van der Waals surface area contributed by atoms with E-state index in [1.807, 2.05) is 24.3 Å². The Kier molecular flexibility index (Phi) is 4.26. The third-order valence-electron chi connectivity index (χ3n) is 3.48. The summed E-state index contributed by atoms with van der Waals surface area (Å²) in [5.41, 5.74) is 8.39. The molecule has 0 heterocycles. The van der Waals surface area contributed by atoms with Crippen LogP contribution in [0.1, 0.15) is 41.3 Å². The van der Waals surface area contributed by atoms with Gasteiger partial charge >= 0.3 is 0 Å². The Bertz CT molecular complexity index is 640. The molecule has 0 saturated carbocycles. The normalized spacial score (nSPS) is 10.7. The highest BCUT2D eigenvalue weighted by Crippen LogP contribution is 2.20. The van der Waals surface area contributed by atoms with Crippen molar-refractivity contribution >= 4 is 17.3 Å². The number of amides is 1. The number of carbonyl (C=O) groups is 1. The monoisotopic (exact) mass is 286 g/mol. The van der Waals surface area contributed by atoms with Crippen LogP contribution in [0.15, 0.2) is 36.4 Å². The van der Waals surface area contributed by atoms with Gasteiger partial charge in [-0.05, 0) is 42.7 Å². The first-order chi connectivity index (χ1) is 9.88. The smallest absolute Gasteiger partial charge is 0.255 e. The fourth-order valence-corrected chi connectivity index (χ4v) is 1.99. The highest BCUT2D eigenvalue weighted by molar-refractivity contribution is 6.04. The molecule has 0 aromatic heterocycles. The molecule has 110 valence electrons. The van der Waals surface area contributed by atoms with E-state index in [4.69, 9.17) is 5.73 Å². The SMILES string of the molecule is Cc1c(N)cc(C(=O)Nc2ccc(C(C)C)cc2)cc1F. The lowest BCUT2D eigenvalue weighted by Gasteiger charge is -2.10. The molecule has 0 aliphatic heterocycles. The maximum atomic E-state index is 13.6. The van der Waals surface area contributed by atoms with Crippen molar-refractivity contribution in [2.24, 2.45) is 0 Å². The van der Waals surface area contributed by atoms with E-state index in [9.17, 15) is 9.18 Å². The zero-order valence-corrected chi connectivity index (χ0v) is 12.4. The summed E-state index contributed by atoms with van der Waals surface area (Å²) in [4.78, 5) is 12.1. The van der Waals surface area contributed by atoms with Gasteiger partial charge in [-0.3, -0.25) is 4.79 Å². The quantitative estimate of drug-likeness (QED) is 0.835. The molecule has 21 heavy (non-hydrogen) atoms. The van der Waals surface area contributed by atoms with Crippen molar-refractivity contribution in [3.63, 3.8) is 0 Å². The minimum absolute atomic E-state index is 0.212. The number of nitrogens with two attached hydrogens (primary N) is 1. The van der Waals surface area contributed by atoms with Crippen molar-refractivity contribution in [1.82, 2.24) is 0 Å². The fraction of sp³-hybridized carbons (Fsp3) is 0.235. The van der Waals surface area contributed by atoms with Gasteiger partial charge in [0.25, 0.3) is 5.91 Å². The molecule has 1 amide bonds. The van der Waals surface area contributed by atoms with Gasteiger partial charge in [0.1, 0.15) is 5.82 Å². The van der Waals surface area contributed by atoms with Gasteiger partial charge < -0.3 is 11.1 Å². The van der Waals surface area contributed by atoms with Gasteiger partial charge in [0.15, 0.2) is 0 Å². The van der Waals surface area contributed by atoms with E-state index >= 15 is 0 Å². The lowest BCUT2D eigenvalue weighted by molar-refractivity contribution is 0.102. The van der Waals surface area contributed by atoms with Crippen LogP contribution in [0.5, 0.6) is 0 Å². The van der Waals surface area contributed by atoms with Crippen LogP contribution in [0, 0.1) is 12.7 Å². The minimum Gasteiger partial charge on any atom is -0.398 e. The Morgan fingerprint density at radius 3 is 2.33 bits per heavy atom. The number of hydrogen-bond acceptors (Lipinski definition) is 2. The summed E-state index contributed by atoms with van der Waals surface area (Å²) in [6.45, 7) is 5.79. The van der Waals surface area contributed by atoms with Crippen molar-refractivity contribution in [3.05, 3.63) is 58.9 Å². The predicted molar refractivity (Wildman–Crippen MR) is 84.0 cm³/mol. The average Bonchev–Trinajstić information content (AvgIpc) is 2.44. The Labute approximate surface area is 124 Å². The third-order valence-corrected chi connectivity index (χ3v) is 3.48. The number of halogens is 1. The molecule has 0 spiro atoms. The van der Waals surface area contributed by atoms with Gasteiger partial charge in [-0.2, -0.15) is 0 Å². The van der Waals surface area contributed by atoms with Gasteiger partial charge in [0.05, 0.1) is 0 Å². The van der Waals surface area contributed by atoms with Gasteiger partial charge in [-0.25, -0.2) is 4.39 Å². The number of carbonyl (C=O) groups excluding carboxylic acids is 1. The number of hydrogen-bond donors (Lipinski definition) is 2. The standard InChI is InChI=1S/C17H19FN2O/c1-10(2)12-4-6-14(7-5-12)20-17(21)13-8-15(18)11(3)16(19)9-13/h4-10H,19H2,1-3H3,(H,20,21). The molecule has 0 radical (unpaired) electrons. The molecule has 3 nitrogen and oxygen atoms in total. The first-order valence-corrected chi connectivity index (χ1v) is 6.85. The van der Waals surface area contributed by atoms with E-state index in [2.05, 4.69) is 19.2 Å². The lowest BCUT2D eigenvalue weighted by Crippen LogP contribution is -2.13. The van der Waals surface area contributed by atoms with Gasteiger partial charge in [0, 0.05) is 22.5 Å². The van der Waals surface area contributed by atoms with Crippen LogP contribution in [0.4, 0.5) is 15.8 Å². The molecular formula is C17H19FN2O. The third kappa shape index (κ3) is 3.40. The molecule has 0 atom stereocenters. The molecule has 0 unspecified atom stereocenters. The summed E-state index contributed by atoms with van der Waals surface area (Å²) in [6, 6.07) is 10.3. The lowest BCUT2D eigenvalue weighted by atomic mass is 10.0. The van der Waals surface area contributed by atoms with Crippen LogP contribution in [0.2, 0.25) is 0 Å². The fourth-order valence-electron chi connectivity index (χ4n) is 1.99. The number of nitrogens with one attached hydrogen (secondary N) is 1. The molecule has 0 aliphatic rings. The first kappa shape index (κ1) is 15.0. The molecule has 0 fully saturated rings.